The Kier molecular flexibility index (Phi) is 6.32. The number of methoxy groups -OCH3 is 1. The smallest absolute Gasteiger partial charge is 0.234 e. The van der Waals surface area contributed by atoms with Crippen LogP contribution in [-0.2, 0) is 4.79 Å². The molecule has 0 saturated heterocycles. The molecule has 0 unspecified atom stereocenters. The number of fused-ring (bicyclic) bond motifs is 1. The normalized spacial score (nSPS) is 10.8. The quantitative estimate of drug-likeness (QED) is 0.419. The second-order valence-corrected chi connectivity index (χ2v) is 7.46. The zero-order chi connectivity index (χ0) is 21.6. The van der Waals surface area contributed by atoms with Crippen LogP contribution in [0.3, 0.4) is 0 Å². The number of para-hydroxylation sites is 2. The van der Waals surface area contributed by atoms with Gasteiger partial charge in [-0.25, -0.2) is 0 Å². The van der Waals surface area contributed by atoms with Gasteiger partial charge < -0.3 is 14.8 Å². The molecule has 0 aliphatic carbocycles. The molecule has 0 bridgehead atoms. The number of rotatable bonds is 8. The SMILES string of the molecule is CCOc1ccc(-c2nnc3ccc(SCC(=O)Nc4ccccc4OC)nn23)cc1. The standard InChI is InChI=1S/C22H21N5O3S/c1-3-30-16-10-8-15(9-11-16)22-25-24-19-12-13-21(26-27(19)22)31-14-20(28)23-17-6-4-5-7-18(17)29-2/h4-13H,3,14H2,1-2H3,(H,23,28). The van der Waals surface area contributed by atoms with E-state index in [0.29, 0.717) is 34.5 Å². The largest absolute Gasteiger partial charge is 0.495 e. The van der Waals surface area contributed by atoms with Gasteiger partial charge in [-0.3, -0.25) is 4.79 Å². The van der Waals surface area contributed by atoms with Crippen molar-refractivity contribution in [3.8, 4) is 22.9 Å². The van der Waals surface area contributed by atoms with Crippen LogP contribution in [0.25, 0.3) is 17.0 Å². The Morgan fingerprint density at radius 3 is 2.65 bits per heavy atom. The highest BCUT2D eigenvalue weighted by molar-refractivity contribution is 7.99. The molecule has 8 nitrogen and oxygen atoms in total. The molecule has 4 aromatic rings. The predicted molar refractivity (Wildman–Crippen MR) is 120 cm³/mol. The van der Waals surface area contributed by atoms with Crippen molar-refractivity contribution in [2.75, 3.05) is 24.8 Å². The summed E-state index contributed by atoms with van der Waals surface area (Å²) in [6.45, 7) is 2.56. The molecule has 31 heavy (non-hydrogen) atoms. The van der Waals surface area contributed by atoms with Crippen molar-refractivity contribution < 1.29 is 14.3 Å². The van der Waals surface area contributed by atoms with Crippen LogP contribution in [-0.4, -0.2) is 45.2 Å². The Morgan fingerprint density at radius 1 is 1.06 bits per heavy atom. The Balaban J connectivity index is 1.47. The van der Waals surface area contributed by atoms with Gasteiger partial charge in [0.2, 0.25) is 5.91 Å². The molecule has 1 amide bonds. The molecule has 1 N–H and O–H groups in total. The number of amides is 1. The van der Waals surface area contributed by atoms with E-state index in [0.717, 1.165) is 11.3 Å². The lowest BCUT2D eigenvalue weighted by Crippen LogP contribution is -2.14. The summed E-state index contributed by atoms with van der Waals surface area (Å²) in [6.07, 6.45) is 0. The van der Waals surface area contributed by atoms with Crippen molar-refractivity contribution in [2.45, 2.75) is 11.9 Å². The molecule has 0 aliphatic rings. The maximum absolute atomic E-state index is 12.4. The molecule has 9 heteroatoms. The zero-order valence-electron chi connectivity index (χ0n) is 17.1. The van der Waals surface area contributed by atoms with Crippen LogP contribution in [0.1, 0.15) is 6.92 Å². The van der Waals surface area contributed by atoms with Crippen LogP contribution >= 0.6 is 11.8 Å². The number of carbonyl (C=O) groups is 1. The van der Waals surface area contributed by atoms with Gasteiger partial charge >= 0.3 is 0 Å². The first-order chi connectivity index (χ1) is 15.2. The molecule has 0 saturated carbocycles. The van der Waals surface area contributed by atoms with Gasteiger partial charge in [-0.2, -0.15) is 9.61 Å². The van der Waals surface area contributed by atoms with Gasteiger partial charge in [0, 0.05) is 5.56 Å². The van der Waals surface area contributed by atoms with Gasteiger partial charge in [0.1, 0.15) is 16.5 Å². The number of hydrogen-bond acceptors (Lipinski definition) is 7. The first-order valence-corrected chi connectivity index (χ1v) is 10.7. The van der Waals surface area contributed by atoms with Gasteiger partial charge in [-0.15, -0.1) is 10.2 Å². The highest BCUT2D eigenvalue weighted by Crippen LogP contribution is 2.25. The van der Waals surface area contributed by atoms with Crippen LogP contribution in [0.2, 0.25) is 0 Å². The Hall–Kier alpha value is -3.59. The molecular formula is C22H21N5O3S. The first kappa shape index (κ1) is 20.7. The van der Waals surface area contributed by atoms with E-state index in [1.807, 2.05) is 55.5 Å². The molecule has 2 aromatic carbocycles. The fraction of sp³-hybridized carbons (Fsp3) is 0.182. The number of nitrogens with one attached hydrogen (secondary N) is 1. The number of hydrogen-bond donors (Lipinski definition) is 1. The van der Waals surface area contributed by atoms with Crippen molar-refractivity contribution in [3.63, 3.8) is 0 Å². The van der Waals surface area contributed by atoms with Gasteiger partial charge in [0.25, 0.3) is 0 Å². The van der Waals surface area contributed by atoms with Crippen molar-refractivity contribution >= 4 is 29.0 Å². The van der Waals surface area contributed by atoms with E-state index in [2.05, 4.69) is 20.6 Å². The van der Waals surface area contributed by atoms with Crippen LogP contribution in [0.4, 0.5) is 5.69 Å². The van der Waals surface area contributed by atoms with E-state index < -0.39 is 0 Å². The zero-order valence-corrected chi connectivity index (χ0v) is 17.9. The number of aromatic nitrogens is 4. The monoisotopic (exact) mass is 435 g/mol. The van der Waals surface area contributed by atoms with Gasteiger partial charge in [-0.05, 0) is 55.5 Å². The molecule has 2 aromatic heterocycles. The predicted octanol–water partition coefficient (Wildman–Crippen LogP) is 3.93. The average Bonchev–Trinajstić information content (AvgIpc) is 3.22. The summed E-state index contributed by atoms with van der Waals surface area (Å²) >= 11 is 1.33. The molecular weight excluding hydrogens is 414 g/mol. The van der Waals surface area contributed by atoms with E-state index in [4.69, 9.17) is 9.47 Å². The summed E-state index contributed by atoms with van der Waals surface area (Å²) in [5, 5.41) is 16.6. The number of carbonyl (C=O) groups excluding carboxylic acids is 1. The van der Waals surface area contributed by atoms with E-state index >= 15 is 0 Å². The fourth-order valence-corrected chi connectivity index (χ4v) is 3.62. The van der Waals surface area contributed by atoms with Gasteiger partial charge in [0.05, 0.1) is 25.2 Å². The number of nitrogens with zero attached hydrogens (tertiary/aromatic N) is 4. The lowest BCUT2D eigenvalue weighted by molar-refractivity contribution is -0.113. The van der Waals surface area contributed by atoms with Crippen molar-refractivity contribution in [1.29, 1.82) is 0 Å². The minimum atomic E-state index is -0.146. The molecule has 0 atom stereocenters. The third-order valence-electron chi connectivity index (χ3n) is 4.39. The maximum atomic E-state index is 12.4. The van der Waals surface area contributed by atoms with E-state index in [1.165, 1.54) is 11.8 Å². The third kappa shape index (κ3) is 4.77. The van der Waals surface area contributed by atoms with Crippen LogP contribution in [0, 0.1) is 0 Å². The van der Waals surface area contributed by atoms with Crippen LogP contribution in [0.15, 0.2) is 65.7 Å². The minimum absolute atomic E-state index is 0.146. The lowest BCUT2D eigenvalue weighted by Gasteiger charge is -2.09. The van der Waals surface area contributed by atoms with Gasteiger partial charge in [0.15, 0.2) is 11.5 Å². The number of anilines is 1. The second kappa shape index (κ2) is 9.48. The summed E-state index contributed by atoms with van der Waals surface area (Å²) in [7, 11) is 1.57. The number of benzene rings is 2. The summed E-state index contributed by atoms with van der Waals surface area (Å²) in [5.41, 5.74) is 2.14. The summed E-state index contributed by atoms with van der Waals surface area (Å²) in [6, 6.07) is 18.6. The fourth-order valence-electron chi connectivity index (χ4n) is 2.97. The Morgan fingerprint density at radius 2 is 1.87 bits per heavy atom. The number of ether oxygens (including phenoxy) is 2. The lowest BCUT2D eigenvalue weighted by atomic mass is 10.2. The summed E-state index contributed by atoms with van der Waals surface area (Å²) in [5.74, 6) is 2.10. The number of thioether (sulfide) groups is 1. The highest BCUT2D eigenvalue weighted by Gasteiger charge is 2.12. The average molecular weight is 436 g/mol. The van der Waals surface area contributed by atoms with Crippen LogP contribution in [0.5, 0.6) is 11.5 Å². The van der Waals surface area contributed by atoms with E-state index in [1.54, 1.807) is 23.8 Å². The molecule has 0 aliphatic heterocycles. The minimum Gasteiger partial charge on any atom is -0.495 e. The third-order valence-corrected chi connectivity index (χ3v) is 5.31. The van der Waals surface area contributed by atoms with Gasteiger partial charge in [-0.1, -0.05) is 23.9 Å². The highest BCUT2D eigenvalue weighted by atomic mass is 32.2. The Labute approximate surface area is 183 Å². The summed E-state index contributed by atoms with van der Waals surface area (Å²) in [4.78, 5) is 12.4. The molecule has 4 rings (SSSR count). The van der Waals surface area contributed by atoms with Crippen molar-refractivity contribution in [3.05, 3.63) is 60.7 Å². The molecule has 2 heterocycles. The van der Waals surface area contributed by atoms with Crippen molar-refractivity contribution in [1.82, 2.24) is 19.8 Å². The Bertz CT molecular complexity index is 1190. The molecule has 0 radical (unpaired) electrons. The van der Waals surface area contributed by atoms with E-state index in [9.17, 15) is 4.79 Å². The maximum Gasteiger partial charge on any atom is 0.234 e. The second-order valence-electron chi connectivity index (χ2n) is 6.46. The topological polar surface area (TPSA) is 90.6 Å². The first-order valence-electron chi connectivity index (χ1n) is 9.69. The molecule has 158 valence electrons. The van der Waals surface area contributed by atoms with E-state index in [-0.39, 0.29) is 11.7 Å². The molecule has 0 fully saturated rings. The van der Waals surface area contributed by atoms with Crippen molar-refractivity contribution in [2.24, 2.45) is 0 Å². The molecule has 0 spiro atoms. The van der Waals surface area contributed by atoms with Crippen LogP contribution < -0.4 is 14.8 Å². The summed E-state index contributed by atoms with van der Waals surface area (Å²) < 4.78 is 12.4.